The Kier molecular flexibility index (Phi) is 3.85. The lowest BCUT2D eigenvalue weighted by Crippen LogP contribution is -2.17. The molecule has 1 N–H and O–H groups in total. The number of hydrogen-bond donors (Lipinski definition) is 1. The van der Waals surface area contributed by atoms with Crippen LogP contribution in [0.3, 0.4) is 0 Å². The molecule has 0 radical (unpaired) electrons. The number of carboxylic acid groups (broad SMARTS) is 1. The average Bonchev–Trinajstić information content (AvgIpc) is 2.19. The highest BCUT2D eigenvalue weighted by Gasteiger charge is 2.23. The van der Waals surface area contributed by atoms with Gasteiger partial charge in [-0.15, -0.1) is 0 Å². The van der Waals surface area contributed by atoms with E-state index in [1.165, 1.54) is 6.07 Å². The first-order chi connectivity index (χ1) is 6.93. The Morgan fingerprint density at radius 1 is 1.47 bits per heavy atom. The fourth-order valence-electron chi connectivity index (χ4n) is 1.35. The van der Waals surface area contributed by atoms with Crippen LogP contribution in [0.1, 0.15) is 25.3 Å². The van der Waals surface area contributed by atoms with E-state index < -0.39 is 11.9 Å². The maximum Gasteiger partial charge on any atom is 0.306 e. The van der Waals surface area contributed by atoms with Crippen molar-refractivity contribution in [2.75, 3.05) is 0 Å². The molecule has 0 amide bonds. The third kappa shape index (κ3) is 2.78. The first kappa shape index (κ1) is 12.2. The van der Waals surface area contributed by atoms with Crippen LogP contribution in [-0.2, 0) is 4.79 Å². The van der Waals surface area contributed by atoms with Crippen molar-refractivity contribution in [3.8, 4) is 0 Å². The molecule has 82 valence electrons. The molecule has 0 spiro atoms. The van der Waals surface area contributed by atoms with Gasteiger partial charge in [-0.3, -0.25) is 4.79 Å². The predicted octanol–water partition coefficient (Wildman–Crippen LogP) is 3.41. The number of carbonyl (C=O) groups is 1. The Bertz CT molecular complexity index is 379. The molecule has 0 fully saturated rings. The number of hydrogen-bond acceptors (Lipinski definition) is 1. The minimum absolute atomic E-state index is 0.347. The number of carboxylic acids is 1. The minimum Gasteiger partial charge on any atom is -0.481 e. The van der Waals surface area contributed by atoms with Gasteiger partial charge in [0, 0.05) is 4.47 Å². The van der Waals surface area contributed by atoms with Gasteiger partial charge in [0.1, 0.15) is 5.82 Å². The molecule has 1 aromatic carbocycles. The van der Waals surface area contributed by atoms with E-state index in [2.05, 4.69) is 15.9 Å². The second kappa shape index (κ2) is 4.75. The van der Waals surface area contributed by atoms with Gasteiger partial charge in [-0.05, 0) is 29.7 Å². The van der Waals surface area contributed by atoms with Gasteiger partial charge in [-0.1, -0.05) is 29.8 Å². The minimum atomic E-state index is -0.915. The Morgan fingerprint density at radius 2 is 2.07 bits per heavy atom. The van der Waals surface area contributed by atoms with Crippen LogP contribution >= 0.6 is 15.9 Å². The Morgan fingerprint density at radius 3 is 2.60 bits per heavy atom. The van der Waals surface area contributed by atoms with E-state index in [1.54, 1.807) is 26.0 Å². The lowest BCUT2D eigenvalue weighted by Gasteiger charge is -2.17. The maximum atomic E-state index is 13.4. The summed E-state index contributed by atoms with van der Waals surface area (Å²) in [6.45, 7) is 3.29. The van der Waals surface area contributed by atoms with E-state index in [9.17, 15) is 9.18 Å². The highest BCUT2D eigenvalue weighted by Crippen LogP contribution is 2.28. The van der Waals surface area contributed by atoms with Crippen LogP contribution in [0.15, 0.2) is 22.7 Å². The Balaban J connectivity index is 3.04. The zero-order chi connectivity index (χ0) is 11.6. The van der Waals surface area contributed by atoms with E-state index in [0.29, 0.717) is 5.56 Å². The molecule has 15 heavy (non-hydrogen) atoms. The third-order valence-corrected chi connectivity index (χ3v) is 3.08. The monoisotopic (exact) mass is 274 g/mol. The standard InChI is InChI=1S/C11H12BrFO2/c1-6(7(2)11(14)15)9-5-8(12)3-4-10(9)13/h3-7H,1-2H3,(H,14,15). The second-order valence-electron chi connectivity index (χ2n) is 3.58. The quantitative estimate of drug-likeness (QED) is 0.917. The molecule has 2 unspecified atom stereocenters. The van der Waals surface area contributed by atoms with Crippen molar-refractivity contribution >= 4 is 21.9 Å². The molecule has 0 aliphatic heterocycles. The van der Waals surface area contributed by atoms with Crippen molar-refractivity contribution in [2.45, 2.75) is 19.8 Å². The summed E-state index contributed by atoms with van der Waals surface area (Å²) in [6, 6.07) is 4.56. The van der Waals surface area contributed by atoms with Crippen LogP contribution in [-0.4, -0.2) is 11.1 Å². The third-order valence-electron chi connectivity index (χ3n) is 2.59. The summed E-state index contributed by atoms with van der Waals surface area (Å²) >= 11 is 3.24. The van der Waals surface area contributed by atoms with Gasteiger partial charge in [0.15, 0.2) is 0 Å². The van der Waals surface area contributed by atoms with Gasteiger partial charge in [-0.25, -0.2) is 4.39 Å². The molecule has 4 heteroatoms. The average molecular weight is 275 g/mol. The molecule has 2 atom stereocenters. The van der Waals surface area contributed by atoms with Crippen molar-refractivity contribution < 1.29 is 14.3 Å². The van der Waals surface area contributed by atoms with E-state index in [4.69, 9.17) is 5.11 Å². The molecular weight excluding hydrogens is 263 g/mol. The van der Waals surface area contributed by atoms with E-state index in [1.807, 2.05) is 0 Å². The lowest BCUT2D eigenvalue weighted by molar-refractivity contribution is -0.141. The van der Waals surface area contributed by atoms with E-state index in [-0.39, 0.29) is 11.7 Å². The molecule has 0 heterocycles. The summed E-state index contributed by atoms with van der Waals surface area (Å²) in [4.78, 5) is 10.8. The first-order valence-corrected chi connectivity index (χ1v) is 5.40. The molecule has 0 saturated heterocycles. The zero-order valence-electron chi connectivity index (χ0n) is 8.50. The van der Waals surface area contributed by atoms with Crippen LogP contribution in [0.2, 0.25) is 0 Å². The zero-order valence-corrected chi connectivity index (χ0v) is 10.1. The van der Waals surface area contributed by atoms with Crippen molar-refractivity contribution in [3.63, 3.8) is 0 Å². The molecule has 1 rings (SSSR count). The maximum absolute atomic E-state index is 13.4. The summed E-state index contributed by atoms with van der Waals surface area (Å²) in [5, 5.41) is 8.84. The van der Waals surface area contributed by atoms with Gasteiger partial charge in [-0.2, -0.15) is 0 Å². The summed E-state index contributed by atoms with van der Waals surface area (Å²) < 4.78 is 14.2. The number of benzene rings is 1. The summed E-state index contributed by atoms with van der Waals surface area (Å²) in [7, 11) is 0. The van der Waals surface area contributed by atoms with Gasteiger partial charge in [0.05, 0.1) is 5.92 Å². The van der Waals surface area contributed by atoms with Crippen molar-refractivity contribution in [1.29, 1.82) is 0 Å². The molecular formula is C11H12BrFO2. The molecule has 0 aliphatic carbocycles. The smallest absolute Gasteiger partial charge is 0.306 e. The molecule has 0 bridgehead atoms. The largest absolute Gasteiger partial charge is 0.481 e. The number of rotatable bonds is 3. The Hall–Kier alpha value is -0.900. The van der Waals surface area contributed by atoms with Gasteiger partial charge >= 0.3 is 5.97 Å². The first-order valence-electron chi connectivity index (χ1n) is 4.61. The van der Waals surface area contributed by atoms with Crippen molar-refractivity contribution in [3.05, 3.63) is 34.1 Å². The molecule has 0 aromatic heterocycles. The molecule has 0 saturated carbocycles. The van der Waals surface area contributed by atoms with Crippen LogP contribution in [0.25, 0.3) is 0 Å². The number of aliphatic carboxylic acids is 1. The van der Waals surface area contributed by atoms with Crippen molar-refractivity contribution in [1.82, 2.24) is 0 Å². The molecule has 0 aliphatic rings. The van der Waals surface area contributed by atoms with Gasteiger partial charge in [0.25, 0.3) is 0 Å². The lowest BCUT2D eigenvalue weighted by atomic mass is 9.89. The van der Waals surface area contributed by atoms with Gasteiger partial charge < -0.3 is 5.11 Å². The summed E-state index contributed by atoms with van der Waals surface area (Å²) in [5.41, 5.74) is 0.430. The van der Waals surface area contributed by atoms with Gasteiger partial charge in [0.2, 0.25) is 0 Å². The number of halogens is 2. The van der Waals surface area contributed by atoms with Crippen LogP contribution in [0.4, 0.5) is 4.39 Å². The van der Waals surface area contributed by atoms with E-state index >= 15 is 0 Å². The van der Waals surface area contributed by atoms with Crippen LogP contribution < -0.4 is 0 Å². The predicted molar refractivity (Wildman–Crippen MR) is 59.3 cm³/mol. The Labute approximate surface area is 96.2 Å². The molecule has 2 nitrogen and oxygen atoms in total. The highest BCUT2D eigenvalue weighted by atomic mass is 79.9. The molecule has 1 aromatic rings. The van der Waals surface area contributed by atoms with Crippen molar-refractivity contribution in [2.24, 2.45) is 5.92 Å². The highest BCUT2D eigenvalue weighted by molar-refractivity contribution is 9.10. The van der Waals surface area contributed by atoms with E-state index in [0.717, 1.165) is 4.47 Å². The summed E-state index contributed by atoms with van der Waals surface area (Å²) in [5.74, 6) is -2.23. The fraction of sp³-hybridized carbons (Fsp3) is 0.364. The normalized spacial score (nSPS) is 14.7. The summed E-state index contributed by atoms with van der Waals surface area (Å²) in [6.07, 6.45) is 0. The second-order valence-corrected chi connectivity index (χ2v) is 4.50. The van der Waals surface area contributed by atoms with Crippen LogP contribution in [0, 0.1) is 11.7 Å². The SMILES string of the molecule is CC(C(=O)O)C(C)c1cc(Br)ccc1F. The van der Waals surface area contributed by atoms with Crippen LogP contribution in [0.5, 0.6) is 0 Å². The topological polar surface area (TPSA) is 37.3 Å². The fourth-order valence-corrected chi connectivity index (χ4v) is 1.73.